The molecule has 0 saturated carbocycles. The van der Waals surface area contributed by atoms with Crippen molar-refractivity contribution in [1.82, 2.24) is 19.9 Å². The Hall–Kier alpha value is -4.05. The molecular formula is C30H33N5O4S. The van der Waals surface area contributed by atoms with Gasteiger partial charge in [0.05, 0.1) is 12.1 Å². The second kappa shape index (κ2) is 11.2. The van der Waals surface area contributed by atoms with Crippen LogP contribution in [0.1, 0.15) is 39.2 Å². The van der Waals surface area contributed by atoms with Crippen LogP contribution in [0.25, 0.3) is 21.7 Å². The van der Waals surface area contributed by atoms with Crippen LogP contribution in [0.3, 0.4) is 0 Å². The maximum Gasteiger partial charge on any atom is 0.407 e. The highest BCUT2D eigenvalue weighted by Gasteiger charge is 2.39. The molecular weight excluding hydrogens is 526 g/mol. The molecule has 2 atom stereocenters. The molecule has 2 aromatic heterocycles. The number of benzene rings is 2. The fourth-order valence-electron chi connectivity index (χ4n) is 4.92. The molecule has 40 heavy (non-hydrogen) atoms. The number of carbonyl (C=O) groups excluding carboxylic acids is 2. The highest BCUT2D eigenvalue weighted by atomic mass is 32.1. The number of aromatic nitrogens is 3. The van der Waals surface area contributed by atoms with Gasteiger partial charge in [0.25, 0.3) is 5.56 Å². The van der Waals surface area contributed by atoms with Gasteiger partial charge in [-0.15, -0.1) is 0 Å². The van der Waals surface area contributed by atoms with Crippen molar-refractivity contribution < 1.29 is 14.3 Å². The molecule has 1 fully saturated rings. The molecule has 1 saturated heterocycles. The number of nitrogens with zero attached hydrogens (tertiary/aromatic N) is 4. The van der Waals surface area contributed by atoms with E-state index in [4.69, 9.17) is 9.72 Å². The van der Waals surface area contributed by atoms with Gasteiger partial charge in [-0.05, 0) is 39.2 Å². The summed E-state index contributed by atoms with van der Waals surface area (Å²) in [5.41, 5.74) is 1.30. The van der Waals surface area contributed by atoms with Gasteiger partial charge in [0.1, 0.15) is 11.4 Å². The van der Waals surface area contributed by atoms with E-state index >= 15 is 0 Å². The quantitative estimate of drug-likeness (QED) is 0.349. The van der Waals surface area contributed by atoms with E-state index in [1.165, 1.54) is 15.9 Å². The minimum atomic E-state index is -0.636. The summed E-state index contributed by atoms with van der Waals surface area (Å²) in [4.78, 5) is 51.2. The Kier molecular flexibility index (Phi) is 7.71. The van der Waals surface area contributed by atoms with E-state index in [1.54, 1.807) is 7.05 Å². The lowest BCUT2D eigenvalue weighted by molar-refractivity contribution is -0.120. The lowest BCUT2D eigenvalue weighted by atomic mass is 10.0. The van der Waals surface area contributed by atoms with Crippen LogP contribution in [0, 0.1) is 0 Å². The zero-order valence-electron chi connectivity index (χ0n) is 23.1. The Morgan fingerprint density at radius 1 is 1.05 bits per heavy atom. The number of rotatable bonds is 7. The summed E-state index contributed by atoms with van der Waals surface area (Å²) in [5.74, 6) is 0.608. The van der Waals surface area contributed by atoms with Gasteiger partial charge >= 0.3 is 6.09 Å². The lowest BCUT2D eigenvalue weighted by Gasteiger charge is -2.23. The summed E-state index contributed by atoms with van der Waals surface area (Å²) in [6, 6.07) is 18.6. The zero-order valence-corrected chi connectivity index (χ0v) is 23.9. The van der Waals surface area contributed by atoms with Crippen molar-refractivity contribution in [2.45, 2.75) is 57.7 Å². The first-order valence-corrected chi connectivity index (χ1v) is 14.2. The van der Waals surface area contributed by atoms with E-state index in [9.17, 15) is 14.4 Å². The molecule has 4 aromatic rings. The van der Waals surface area contributed by atoms with Crippen molar-refractivity contribution >= 4 is 38.7 Å². The molecule has 9 nitrogen and oxygen atoms in total. The number of ketones is 1. The minimum absolute atomic E-state index is 0.0578. The Morgan fingerprint density at radius 2 is 1.73 bits per heavy atom. The first kappa shape index (κ1) is 27.5. The van der Waals surface area contributed by atoms with Crippen LogP contribution in [-0.4, -0.2) is 50.6 Å². The highest BCUT2D eigenvalue weighted by molar-refractivity contribution is 7.21. The van der Waals surface area contributed by atoms with E-state index in [2.05, 4.69) is 10.3 Å². The third-order valence-electron chi connectivity index (χ3n) is 6.80. The maximum absolute atomic E-state index is 13.5. The summed E-state index contributed by atoms with van der Waals surface area (Å²) in [5, 5.41) is 3.46. The lowest BCUT2D eigenvalue weighted by Crippen LogP contribution is -2.40. The Balaban J connectivity index is 1.45. The average molecular weight is 560 g/mol. The Labute approximate surface area is 236 Å². The summed E-state index contributed by atoms with van der Waals surface area (Å²) in [7, 11) is 1.68. The fraction of sp³-hybridized carbons (Fsp3) is 0.367. The molecule has 0 aliphatic carbocycles. The van der Waals surface area contributed by atoms with Gasteiger partial charge < -0.3 is 15.0 Å². The van der Waals surface area contributed by atoms with E-state index in [-0.39, 0.29) is 22.9 Å². The second-order valence-corrected chi connectivity index (χ2v) is 12.0. The molecule has 5 rings (SSSR count). The molecule has 1 amide bonds. The molecule has 0 bridgehead atoms. The monoisotopic (exact) mass is 559 g/mol. The zero-order chi connectivity index (χ0) is 28.4. The predicted octanol–water partition coefficient (Wildman–Crippen LogP) is 4.73. The van der Waals surface area contributed by atoms with E-state index in [0.29, 0.717) is 41.6 Å². The summed E-state index contributed by atoms with van der Waals surface area (Å²) in [6.45, 7) is 5.79. The summed E-state index contributed by atoms with van der Waals surface area (Å²) < 4.78 is 6.95. The molecule has 208 valence electrons. The number of carbonyl (C=O) groups is 2. The molecule has 1 aliphatic rings. The van der Waals surface area contributed by atoms with Crippen LogP contribution in [0.5, 0.6) is 0 Å². The van der Waals surface area contributed by atoms with Gasteiger partial charge in [0.2, 0.25) is 0 Å². The van der Waals surface area contributed by atoms with E-state index < -0.39 is 17.7 Å². The van der Waals surface area contributed by atoms with Gasteiger partial charge in [-0.1, -0.05) is 72.0 Å². The SMILES string of the molecule is Cn1c(-c2ccccc2)nc2sc(N3C[C@@H](NC(=O)OC(C)(C)C)C[C@@H]3C(=O)CCc3ccccc3)nc2c1=O. The van der Waals surface area contributed by atoms with Crippen LogP contribution in [0.2, 0.25) is 0 Å². The normalized spacial score (nSPS) is 17.2. The van der Waals surface area contributed by atoms with Gasteiger partial charge in [0.15, 0.2) is 21.3 Å². The third kappa shape index (κ3) is 6.07. The van der Waals surface area contributed by atoms with Crippen molar-refractivity contribution in [3.05, 3.63) is 76.6 Å². The molecule has 0 radical (unpaired) electrons. The largest absolute Gasteiger partial charge is 0.444 e. The number of nitrogens with one attached hydrogen (secondary N) is 1. The van der Waals surface area contributed by atoms with Gasteiger partial charge in [-0.25, -0.2) is 14.8 Å². The number of hydrogen-bond acceptors (Lipinski definition) is 8. The molecule has 0 spiro atoms. The number of ether oxygens (including phenoxy) is 1. The van der Waals surface area contributed by atoms with Gasteiger partial charge in [0, 0.05) is 25.6 Å². The van der Waals surface area contributed by atoms with E-state index in [0.717, 1.165) is 11.1 Å². The Morgan fingerprint density at radius 3 is 2.40 bits per heavy atom. The standard InChI is InChI=1S/C30H33N5O4S/c1-30(2,3)39-29(38)31-21-17-22(23(36)16-15-19-11-7-5-8-12-19)35(18-21)28-32-24-26(40-28)33-25(34(4)27(24)37)20-13-9-6-10-14-20/h5-14,21-22H,15-18H2,1-4H3,(H,31,38)/t21-,22+/m0/s1. The van der Waals surface area contributed by atoms with Crippen molar-refractivity contribution in [3.8, 4) is 11.4 Å². The number of aryl methyl sites for hydroxylation is 1. The van der Waals surface area contributed by atoms with Crippen LogP contribution < -0.4 is 15.8 Å². The topological polar surface area (TPSA) is 106 Å². The first-order chi connectivity index (χ1) is 19.1. The number of hydrogen-bond donors (Lipinski definition) is 1. The smallest absolute Gasteiger partial charge is 0.407 e. The molecule has 1 aliphatic heterocycles. The highest BCUT2D eigenvalue weighted by Crippen LogP contribution is 2.33. The fourth-order valence-corrected chi connectivity index (χ4v) is 5.91. The van der Waals surface area contributed by atoms with Gasteiger partial charge in [-0.2, -0.15) is 0 Å². The van der Waals surface area contributed by atoms with Crippen molar-refractivity contribution in [2.24, 2.45) is 7.05 Å². The van der Waals surface area contributed by atoms with Crippen LogP contribution >= 0.6 is 11.3 Å². The Bertz CT molecular complexity index is 1580. The van der Waals surface area contributed by atoms with Crippen LogP contribution in [-0.2, 0) is 23.0 Å². The molecule has 2 aromatic carbocycles. The third-order valence-corrected chi connectivity index (χ3v) is 7.79. The maximum atomic E-state index is 13.5. The second-order valence-electron chi connectivity index (χ2n) is 11.0. The number of Topliss-reactive ketones (excluding diaryl/α,β-unsaturated/α-hetero) is 1. The van der Waals surface area contributed by atoms with Crippen LogP contribution in [0.15, 0.2) is 65.5 Å². The van der Waals surface area contributed by atoms with Crippen molar-refractivity contribution in [2.75, 3.05) is 11.4 Å². The number of thiazole rings is 1. The summed E-state index contributed by atoms with van der Waals surface area (Å²) >= 11 is 1.29. The van der Waals surface area contributed by atoms with Crippen molar-refractivity contribution in [3.63, 3.8) is 0 Å². The predicted molar refractivity (Wildman–Crippen MR) is 157 cm³/mol. The molecule has 3 heterocycles. The molecule has 10 heteroatoms. The van der Waals surface area contributed by atoms with E-state index in [1.807, 2.05) is 86.3 Å². The number of anilines is 1. The molecule has 1 N–H and O–H groups in total. The van der Waals surface area contributed by atoms with Gasteiger partial charge in [-0.3, -0.25) is 14.2 Å². The first-order valence-electron chi connectivity index (χ1n) is 13.3. The number of amides is 1. The average Bonchev–Trinajstić information content (AvgIpc) is 3.54. The molecule has 0 unspecified atom stereocenters. The number of alkyl carbamates (subject to hydrolysis) is 1. The van der Waals surface area contributed by atoms with Crippen LogP contribution in [0.4, 0.5) is 9.93 Å². The number of fused-ring (bicyclic) bond motifs is 1. The summed E-state index contributed by atoms with van der Waals surface area (Å²) in [6.07, 6.45) is 0.871. The van der Waals surface area contributed by atoms with Crippen molar-refractivity contribution in [1.29, 1.82) is 0 Å². The minimum Gasteiger partial charge on any atom is -0.444 e.